The summed E-state index contributed by atoms with van der Waals surface area (Å²) in [6.07, 6.45) is 0. The molecule has 0 amide bonds. The fourth-order valence-corrected chi connectivity index (χ4v) is 11.5. The molecule has 1 rings (SSSR count). The van der Waals surface area contributed by atoms with Gasteiger partial charge in [0.2, 0.25) is 0 Å². The Labute approximate surface area is 127 Å². The number of methoxy groups -OCH3 is 4. The zero-order chi connectivity index (χ0) is 13.7. The van der Waals surface area contributed by atoms with Crippen LogP contribution in [0.3, 0.4) is 0 Å². The second-order valence-electron chi connectivity index (χ2n) is 3.30. The first-order valence-corrected chi connectivity index (χ1v) is 23.3. The molecule has 1 aromatic carbocycles. The van der Waals surface area contributed by atoms with Crippen LogP contribution in [-0.2, 0) is 25.0 Å². The predicted molar refractivity (Wildman–Crippen MR) is 71.1 cm³/mol. The van der Waals surface area contributed by atoms with Crippen LogP contribution in [0.4, 0.5) is 0 Å². The van der Waals surface area contributed by atoms with Crippen molar-refractivity contribution in [2.45, 2.75) is 0 Å². The van der Waals surface area contributed by atoms with E-state index in [-0.39, 0.29) is 5.97 Å². The van der Waals surface area contributed by atoms with Crippen LogP contribution in [0.5, 0.6) is 17.2 Å². The normalized spacial score (nSPS) is 9.39. The van der Waals surface area contributed by atoms with Gasteiger partial charge in [-0.1, -0.05) is 0 Å². The molecule has 0 aliphatic carbocycles. The molecule has 1 aromatic rings. The number of halogens is 1. The summed E-state index contributed by atoms with van der Waals surface area (Å²) in [5.74, 6) is 1.21. The summed E-state index contributed by atoms with van der Waals surface area (Å²) in [4.78, 5) is 11.8. The minimum atomic E-state index is -1.43. The number of carbonyl (C=O) groups excluding carboxylic acids is 1. The molecule has 0 unspecified atom stereocenters. The van der Waals surface area contributed by atoms with Gasteiger partial charge in [-0.3, -0.25) is 0 Å². The van der Waals surface area contributed by atoms with E-state index in [0.717, 1.165) is 3.07 Å². The molecular formula is C11H13HgIO5. The summed E-state index contributed by atoms with van der Waals surface area (Å²) < 4.78 is 21.6. The average Bonchev–Trinajstić information content (AvgIpc) is 2.43. The van der Waals surface area contributed by atoms with Gasteiger partial charge in [-0.15, -0.1) is 0 Å². The molecule has 5 nitrogen and oxygen atoms in total. The third-order valence-corrected chi connectivity index (χ3v) is 12.9. The fourth-order valence-electron chi connectivity index (χ4n) is 1.64. The van der Waals surface area contributed by atoms with Crippen molar-refractivity contribution in [2.75, 3.05) is 28.4 Å². The van der Waals surface area contributed by atoms with Crippen molar-refractivity contribution in [1.29, 1.82) is 0 Å². The van der Waals surface area contributed by atoms with Crippen molar-refractivity contribution in [3.63, 3.8) is 0 Å². The Balaban J connectivity index is 3.58. The van der Waals surface area contributed by atoms with Crippen molar-refractivity contribution < 1.29 is 44.0 Å². The number of benzene rings is 1. The van der Waals surface area contributed by atoms with E-state index in [0.29, 0.717) is 22.8 Å². The maximum absolute atomic E-state index is 11.8. The zero-order valence-electron chi connectivity index (χ0n) is 10.7. The van der Waals surface area contributed by atoms with E-state index in [1.807, 2.05) is 0 Å². The van der Waals surface area contributed by atoms with Crippen LogP contribution >= 0.6 is 17.7 Å². The van der Waals surface area contributed by atoms with Gasteiger partial charge in [0.05, 0.1) is 0 Å². The number of rotatable bonds is 5. The van der Waals surface area contributed by atoms with E-state index in [1.54, 1.807) is 20.3 Å². The molecule has 0 aromatic heterocycles. The molecule has 0 radical (unpaired) electrons. The summed E-state index contributed by atoms with van der Waals surface area (Å²) in [6.45, 7) is 0. The van der Waals surface area contributed by atoms with Gasteiger partial charge >= 0.3 is 128 Å². The van der Waals surface area contributed by atoms with Gasteiger partial charge < -0.3 is 0 Å². The van der Waals surface area contributed by atoms with Crippen LogP contribution in [0.1, 0.15) is 10.4 Å². The van der Waals surface area contributed by atoms with E-state index < -0.39 is 20.2 Å². The maximum atomic E-state index is 11.8. The van der Waals surface area contributed by atoms with Crippen molar-refractivity contribution in [3.8, 4) is 17.2 Å². The number of ether oxygens (including phenoxy) is 4. The molecule has 7 heteroatoms. The van der Waals surface area contributed by atoms with Gasteiger partial charge in [-0.2, -0.15) is 0 Å². The Morgan fingerprint density at radius 1 is 1.11 bits per heavy atom. The molecule has 0 fully saturated rings. The van der Waals surface area contributed by atoms with Crippen LogP contribution in [0.2, 0.25) is 0 Å². The standard InChI is InChI=1S/C11H13O5.Hg.HI/c1-13-8-5-7(11(12)16-4)6-9(14-2)10(8)15-3;;/h5H,1-4H3;;1H/q;+1;/p-1. The molecule has 0 spiro atoms. The third kappa shape index (κ3) is 3.01. The van der Waals surface area contributed by atoms with Crippen molar-refractivity contribution >= 4 is 26.7 Å². The van der Waals surface area contributed by atoms with Gasteiger partial charge in [0.25, 0.3) is 0 Å². The molecule has 18 heavy (non-hydrogen) atoms. The number of hydrogen-bond acceptors (Lipinski definition) is 5. The van der Waals surface area contributed by atoms with E-state index in [4.69, 9.17) is 18.9 Å². The van der Waals surface area contributed by atoms with Gasteiger partial charge in [0.1, 0.15) is 0 Å². The molecule has 0 heterocycles. The first-order valence-electron chi connectivity index (χ1n) is 5.10. The Hall–Kier alpha value is -0.245. The van der Waals surface area contributed by atoms with Crippen LogP contribution in [0.15, 0.2) is 6.07 Å². The number of hydrogen-bond donors (Lipinski definition) is 0. The van der Waals surface area contributed by atoms with Gasteiger partial charge in [0.15, 0.2) is 0 Å². The van der Waals surface area contributed by atoms with Gasteiger partial charge in [-0.05, 0) is 0 Å². The van der Waals surface area contributed by atoms with E-state index in [9.17, 15) is 4.79 Å². The van der Waals surface area contributed by atoms with Crippen LogP contribution in [0, 0.1) is 0 Å². The molecule has 0 saturated heterocycles. The molecule has 0 atom stereocenters. The molecular weight excluding hydrogens is 540 g/mol. The van der Waals surface area contributed by atoms with Gasteiger partial charge in [0, 0.05) is 0 Å². The molecule has 0 N–H and O–H groups in total. The molecule has 0 bridgehead atoms. The Kier molecular flexibility index (Phi) is 6.47. The monoisotopic (exact) mass is 554 g/mol. The summed E-state index contributed by atoms with van der Waals surface area (Å²) in [6, 6.07) is 1.65. The van der Waals surface area contributed by atoms with Crippen molar-refractivity contribution in [1.82, 2.24) is 0 Å². The summed E-state index contributed by atoms with van der Waals surface area (Å²) >= 11 is 0.938. The van der Waals surface area contributed by atoms with Crippen LogP contribution in [0.25, 0.3) is 0 Å². The van der Waals surface area contributed by atoms with Gasteiger partial charge in [-0.25, -0.2) is 0 Å². The SMILES string of the molecule is COC(=O)c1cc(OC)c(OC)c(OC)[c]1[Hg][I]. The van der Waals surface area contributed by atoms with Crippen molar-refractivity contribution in [2.24, 2.45) is 0 Å². The zero-order valence-corrected chi connectivity index (χ0v) is 18.4. The second-order valence-corrected chi connectivity index (χ2v) is 13.8. The topological polar surface area (TPSA) is 54.0 Å². The fraction of sp³-hybridized carbons (Fsp3) is 0.364. The summed E-state index contributed by atoms with van der Waals surface area (Å²) in [5, 5.41) is 0. The Morgan fingerprint density at radius 3 is 2.11 bits per heavy atom. The van der Waals surface area contributed by atoms with Crippen LogP contribution in [-0.4, -0.2) is 34.4 Å². The third-order valence-electron chi connectivity index (χ3n) is 2.47. The number of carbonyl (C=O) groups is 1. The molecule has 0 saturated carbocycles. The van der Waals surface area contributed by atoms with E-state index in [1.165, 1.54) is 14.2 Å². The Bertz CT molecular complexity index is 450. The van der Waals surface area contributed by atoms with E-state index >= 15 is 0 Å². The van der Waals surface area contributed by atoms with Crippen LogP contribution < -0.4 is 17.3 Å². The molecule has 0 aliphatic heterocycles. The Morgan fingerprint density at radius 2 is 1.72 bits per heavy atom. The minimum absolute atomic E-state index is 0.374. The summed E-state index contributed by atoms with van der Waals surface area (Å²) in [5.41, 5.74) is 0.517. The average molecular weight is 553 g/mol. The number of esters is 1. The second kappa shape index (κ2) is 7.37. The predicted octanol–water partition coefficient (Wildman–Crippen LogP) is 1.56. The first-order chi connectivity index (χ1) is 8.64. The summed E-state index contributed by atoms with van der Waals surface area (Å²) in [7, 11) is 5.99. The first kappa shape index (κ1) is 15.8. The molecule has 0 aliphatic rings. The van der Waals surface area contributed by atoms with Crippen molar-refractivity contribution in [3.05, 3.63) is 11.6 Å². The quantitative estimate of drug-likeness (QED) is 0.315. The molecule has 96 valence electrons. The van der Waals surface area contributed by atoms with E-state index in [2.05, 4.69) is 17.7 Å².